The summed E-state index contributed by atoms with van der Waals surface area (Å²) in [6.07, 6.45) is 0.881. The third-order valence-corrected chi connectivity index (χ3v) is 1.78. The van der Waals surface area contributed by atoms with Crippen LogP contribution in [-0.2, 0) is 0 Å². The monoisotopic (exact) mass is 280 g/mol. The second-order valence-electron chi connectivity index (χ2n) is 2.42. The maximum Gasteiger partial charge on any atom is 0.0410 e. The fraction of sp³-hybridized carbons (Fsp3) is 0.167. The molecule has 13 heavy (non-hydrogen) atoms. The number of hydrogen-bond acceptors (Lipinski definition) is 0. The Morgan fingerprint density at radius 1 is 1.15 bits per heavy atom. The van der Waals surface area contributed by atoms with Crippen LogP contribution in [0.3, 0.4) is 0 Å². The average Bonchev–Trinajstić information content (AvgIpc) is 2.17. The van der Waals surface area contributed by atoms with Crippen LogP contribution in [0.1, 0.15) is 24.5 Å². The molecule has 0 spiro atoms. The Hall–Kier alpha value is -0.930. The minimum atomic E-state index is 0.881. The van der Waals surface area contributed by atoms with Crippen molar-refractivity contribution >= 4 is 22.6 Å². The lowest BCUT2D eigenvalue weighted by atomic mass is 10.1. The zero-order valence-electron chi connectivity index (χ0n) is 7.39. The van der Waals surface area contributed by atoms with E-state index in [4.69, 9.17) is 0 Å². The molecule has 0 N–H and O–H groups in total. The molecule has 0 nitrogen and oxygen atoms in total. The maximum absolute atomic E-state index is 3.09. The van der Waals surface area contributed by atoms with E-state index in [1.54, 1.807) is 0 Å². The SMILES string of the molecule is CCC#Cc1ccccc1C#CI. The van der Waals surface area contributed by atoms with E-state index < -0.39 is 0 Å². The molecule has 0 atom stereocenters. The summed E-state index contributed by atoms with van der Waals surface area (Å²) < 4.78 is 2.85. The molecule has 0 aliphatic carbocycles. The quantitative estimate of drug-likeness (QED) is 0.505. The maximum atomic E-state index is 3.09. The molecule has 0 heterocycles. The van der Waals surface area contributed by atoms with Crippen molar-refractivity contribution in [1.29, 1.82) is 0 Å². The van der Waals surface area contributed by atoms with Gasteiger partial charge in [0.1, 0.15) is 0 Å². The van der Waals surface area contributed by atoms with Crippen LogP contribution in [0.25, 0.3) is 0 Å². The summed E-state index contributed by atoms with van der Waals surface area (Å²) in [5, 5.41) is 0. The van der Waals surface area contributed by atoms with E-state index in [2.05, 4.69) is 21.7 Å². The van der Waals surface area contributed by atoms with Crippen molar-refractivity contribution in [3.8, 4) is 21.7 Å². The van der Waals surface area contributed by atoms with Crippen molar-refractivity contribution in [3.05, 3.63) is 35.4 Å². The molecule has 1 aromatic rings. The molecule has 0 aliphatic rings. The van der Waals surface area contributed by atoms with E-state index in [0.717, 1.165) is 17.5 Å². The molecule has 0 bridgehead atoms. The minimum absolute atomic E-state index is 0.881. The van der Waals surface area contributed by atoms with Crippen LogP contribution in [-0.4, -0.2) is 0 Å². The van der Waals surface area contributed by atoms with Gasteiger partial charge in [-0.05, 0) is 16.1 Å². The molecule has 64 valence electrons. The molecule has 0 radical (unpaired) electrons. The van der Waals surface area contributed by atoms with Crippen LogP contribution < -0.4 is 0 Å². The van der Waals surface area contributed by atoms with Crippen molar-refractivity contribution in [3.63, 3.8) is 0 Å². The van der Waals surface area contributed by atoms with Crippen LogP contribution in [0.5, 0.6) is 0 Å². The van der Waals surface area contributed by atoms with Crippen LogP contribution in [0.4, 0.5) is 0 Å². The lowest BCUT2D eigenvalue weighted by Gasteiger charge is -1.93. The summed E-state index contributed by atoms with van der Waals surface area (Å²) in [7, 11) is 0. The largest absolute Gasteiger partial charge is 0.0981 e. The number of benzene rings is 1. The lowest BCUT2D eigenvalue weighted by Crippen LogP contribution is -1.81. The average molecular weight is 280 g/mol. The van der Waals surface area contributed by atoms with Gasteiger partial charge in [0.15, 0.2) is 0 Å². The zero-order chi connectivity index (χ0) is 9.52. The molecule has 0 aliphatic heterocycles. The first-order valence-corrected chi connectivity index (χ1v) is 5.16. The van der Waals surface area contributed by atoms with Gasteiger partial charge in [-0.15, -0.1) is 0 Å². The first kappa shape index (κ1) is 10.2. The Kier molecular flexibility index (Phi) is 4.43. The summed E-state index contributed by atoms with van der Waals surface area (Å²) in [6, 6.07) is 7.95. The Labute approximate surface area is 92.9 Å². The van der Waals surface area contributed by atoms with E-state index >= 15 is 0 Å². The van der Waals surface area contributed by atoms with Gasteiger partial charge in [-0.2, -0.15) is 0 Å². The molecule has 0 fully saturated rings. The number of halogens is 1. The van der Waals surface area contributed by atoms with E-state index in [0.29, 0.717) is 0 Å². The Bertz CT molecular complexity index is 396. The highest BCUT2D eigenvalue weighted by molar-refractivity contribution is 14.1. The van der Waals surface area contributed by atoms with Gasteiger partial charge in [-0.3, -0.25) is 0 Å². The van der Waals surface area contributed by atoms with Gasteiger partial charge in [0.2, 0.25) is 0 Å². The lowest BCUT2D eigenvalue weighted by molar-refractivity contribution is 1.28. The zero-order valence-corrected chi connectivity index (χ0v) is 9.55. The van der Waals surface area contributed by atoms with Crippen molar-refractivity contribution in [2.24, 2.45) is 0 Å². The first-order chi connectivity index (χ1) is 6.38. The van der Waals surface area contributed by atoms with Gasteiger partial charge in [0.25, 0.3) is 0 Å². The van der Waals surface area contributed by atoms with E-state index in [9.17, 15) is 0 Å². The summed E-state index contributed by atoms with van der Waals surface area (Å²) >= 11 is 2.04. The molecule has 0 aromatic heterocycles. The fourth-order valence-corrected chi connectivity index (χ4v) is 1.23. The molecule has 0 amide bonds. The molecular formula is C12H9I. The third kappa shape index (κ3) is 3.13. The summed E-state index contributed by atoms with van der Waals surface area (Å²) in [5.41, 5.74) is 2.03. The summed E-state index contributed by atoms with van der Waals surface area (Å²) in [5.74, 6) is 9.15. The highest BCUT2D eigenvalue weighted by Gasteiger charge is 1.92. The summed E-state index contributed by atoms with van der Waals surface area (Å²) in [6.45, 7) is 2.04. The van der Waals surface area contributed by atoms with Crippen molar-refractivity contribution < 1.29 is 0 Å². The van der Waals surface area contributed by atoms with Gasteiger partial charge in [0.05, 0.1) is 0 Å². The molecule has 0 unspecified atom stereocenters. The van der Waals surface area contributed by atoms with Crippen LogP contribution in [0.15, 0.2) is 24.3 Å². The van der Waals surface area contributed by atoms with Gasteiger partial charge >= 0.3 is 0 Å². The van der Waals surface area contributed by atoms with Crippen molar-refractivity contribution in [2.45, 2.75) is 13.3 Å². The van der Waals surface area contributed by atoms with E-state index in [1.165, 1.54) is 0 Å². The van der Waals surface area contributed by atoms with Crippen molar-refractivity contribution in [1.82, 2.24) is 0 Å². The Morgan fingerprint density at radius 3 is 2.31 bits per heavy atom. The normalized spacial score (nSPS) is 7.85. The fourth-order valence-electron chi connectivity index (χ4n) is 0.936. The summed E-state index contributed by atoms with van der Waals surface area (Å²) in [4.78, 5) is 0. The predicted molar refractivity (Wildman–Crippen MR) is 64.5 cm³/mol. The van der Waals surface area contributed by atoms with Gasteiger partial charge in [-0.1, -0.05) is 36.8 Å². The molecule has 0 saturated carbocycles. The van der Waals surface area contributed by atoms with Gasteiger partial charge in [0, 0.05) is 40.1 Å². The smallest absolute Gasteiger partial charge is 0.0410 e. The highest BCUT2D eigenvalue weighted by Crippen LogP contribution is 2.05. The molecule has 1 rings (SSSR count). The predicted octanol–water partition coefficient (Wildman–Crippen LogP) is 3.19. The van der Waals surface area contributed by atoms with Gasteiger partial charge in [-0.25, -0.2) is 0 Å². The molecule has 1 aromatic carbocycles. The Morgan fingerprint density at radius 2 is 1.77 bits per heavy atom. The Balaban J connectivity index is 3.09. The van der Waals surface area contributed by atoms with Crippen LogP contribution >= 0.6 is 22.6 Å². The minimum Gasteiger partial charge on any atom is -0.0981 e. The standard InChI is InChI=1S/C12H9I/c1-2-3-6-11-7-4-5-8-12(11)9-10-13/h4-5,7-8H,2H2,1H3. The third-order valence-electron chi connectivity index (χ3n) is 1.51. The van der Waals surface area contributed by atoms with Gasteiger partial charge < -0.3 is 0 Å². The molecular weight excluding hydrogens is 271 g/mol. The van der Waals surface area contributed by atoms with E-state index in [1.807, 2.05) is 53.8 Å². The topological polar surface area (TPSA) is 0 Å². The first-order valence-electron chi connectivity index (χ1n) is 4.08. The second kappa shape index (κ2) is 5.67. The van der Waals surface area contributed by atoms with Crippen molar-refractivity contribution in [2.75, 3.05) is 0 Å². The molecule has 0 saturated heterocycles. The molecule has 1 heteroatoms. The number of hydrogen-bond donors (Lipinski definition) is 0. The second-order valence-corrected chi connectivity index (χ2v) is 2.96. The number of rotatable bonds is 0. The van der Waals surface area contributed by atoms with E-state index in [-0.39, 0.29) is 0 Å². The highest BCUT2D eigenvalue weighted by atomic mass is 127. The van der Waals surface area contributed by atoms with Crippen LogP contribution in [0, 0.1) is 21.7 Å². The van der Waals surface area contributed by atoms with Crippen LogP contribution in [0.2, 0.25) is 0 Å².